The molecule has 0 saturated carbocycles. The number of rotatable bonds is 4. The highest BCUT2D eigenvalue weighted by molar-refractivity contribution is 9.10. The van der Waals surface area contributed by atoms with E-state index >= 15 is 0 Å². The maximum atomic E-state index is 12.2. The normalized spacial score (nSPS) is 11.9. The summed E-state index contributed by atoms with van der Waals surface area (Å²) in [6, 6.07) is 11.1. The number of hydrogen-bond acceptors (Lipinski definition) is 3. The first-order valence-corrected chi connectivity index (χ1v) is 7.11. The molecular weight excluding hydrogens is 318 g/mol. The minimum Gasteiger partial charge on any atom is -0.345 e. The van der Waals surface area contributed by atoms with Crippen molar-refractivity contribution in [3.63, 3.8) is 0 Å². The molecule has 0 saturated heterocycles. The van der Waals surface area contributed by atoms with Gasteiger partial charge in [0.1, 0.15) is 0 Å². The molecule has 1 atom stereocenters. The van der Waals surface area contributed by atoms with Gasteiger partial charge in [0.05, 0.1) is 11.7 Å². The van der Waals surface area contributed by atoms with Crippen molar-refractivity contribution in [2.45, 2.75) is 19.5 Å². The van der Waals surface area contributed by atoms with Crippen LogP contribution in [0.15, 0.2) is 47.1 Å². The van der Waals surface area contributed by atoms with Crippen molar-refractivity contribution in [1.29, 1.82) is 0 Å². The van der Waals surface area contributed by atoms with E-state index in [1.807, 2.05) is 31.2 Å². The van der Waals surface area contributed by atoms with Crippen molar-refractivity contribution in [1.82, 2.24) is 10.3 Å². The minimum atomic E-state index is -0.134. The molecule has 1 aromatic carbocycles. The van der Waals surface area contributed by atoms with Crippen LogP contribution in [0.3, 0.4) is 0 Å². The predicted molar refractivity (Wildman–Crippen MR) is 82.2 cm³/mol. The second-order valence-corrected chi connectivity index (χ2v) is 5.31. The van der Waals surface area contributed by atoms with Crippen LogP contribution < -0.4 is 11.1 Å². The third kappa shape index (κ3) is 3.43. The summed E-state index contributed by atoms with van der Waals surface area (Å²) < 4.78 is 0.977. The molecule has 0 aliphatic carbocycles. The maximum absolute atomic E-state index is 12.2. The average molecular weight is 334 g/mol. The van der Waals surface area contributed by atoms with Crippen molar-refractivity contribution in [2.24, 2.45) is 5.73 Å². The van der Waals surface area contributed by atoms with Gasteiger partial charge in [0.2, 0.25) is 0 Å². The summed E-state index contributed by atoms with van der Waals surface area (Å²) in [4.78, 5) is 16.3. The Hall–Kier alpha value is -1.72. The fraction of sp³-hybridized carbons (Fsp3) is 0.200. The fourth-order valence-corrected chi connectivity index (χ4v) is 2.54. The molecular formula is C15H16BrN3O. The Morgan fingerprint density at radius 2 is 2.15 bits per heavy atom. The minimum absolute atomic E-state index is 0.0902. The number of halogens is 1. The van der Waals surface area contributed by atoms with Crippen LogP contribution in [0.2, 0.25) is 0 Å². The lowest BCUT2D eigenvalue weighted by atomic mass is 10.1. The molecule has 0 aliphatic rings. The molecule has 0 bridgehead atoms. The molecule has 2 aromatic rings. The molecule has 104 valence electrons. The highest BCUT2D eigenvalue weighted by Gasteiger charge is 2.13. The van der Waals surface area contributed by atoms with Crippen molar-refractivity contribution in [3.05, 3.63) is 63.9 Å². The molecule has 3 N–H and O–H groups in total. The third-order valence-corrected chi connectivity index (χ3v) is 3.73. The van der Waals surface area contributed by atoms with E-state index < -0.39 is 0 Å². The fourth-order valence-electron chi connectivity index (χ4n) is 1.92. The quantitative estimate of drug-likeness (QED) is 0.903. The molecule has 0 fully saturated rings. The summed E-state index contributed by atoms with van der Waals surface area (Å²) in [5.74, 6) is -0.134. The van der Waals surface area contributed by atoms with Gasteiger partial charge in [-0.25, -0.2) is 0 Å². The van der Waals surface area contributed by atoms with Gasteiger partial charge in [-0.2, -0.15) is 0 Å². The number of hydrogen-bond donors (Lipinski definition) is 2. The van der Waals surface area contributed by atoms with E-state index in [-0.39, 0.29) is 11.9 Å². The van der Waals surface area contributed by atoms with Gasteiger partial charge in [0.25, 0.3) is 5.91 Å². The number of carbonyl (C=O) groups is 1. The highest BCUT2D eigenvalue weighted by atomic mass is 79.9. The van der Waals surface area contributed by atoms with E-state index in [0.29, 0.717) is 17.8 Å². The van der Waals surface area contributed by atoms with Crippen LogP contribution in [-0.4, -0.2) is 10.9 Å². The number of pyridine rings is 1. The summed E-state index contributed by atoms with van der Waals surface area (Å²) in [6.07, 6.45) is 1.60. The Morgan fingerprint density at radius 3 is 2.85 bits per heavy atom. The second kappa shape index (κ2) is 6.63. The van der Waals surface area contributed by atoms with Crippen molar-refractivity contribution < 1.29 is 4.79 Å². The molecule has 2 rings (SSSR count). The molecule has 4 nitrogen and oxygen atoms in total. The largest absolute Gasteiger partial charge is 0.345 e. The number of nitrogens with two attached hydrogens (primary N) is 1. The maximum Gasteiger partial charge on any atom is 0.251 e. The zero-order valence-corrected chi connectivity index (χ0v) is 12.7. The lowest BCUT2D eigenvalue weighted by Gasteiger charge is -2.16. The number of nitrogens with zero attached hydrogens (tertiary/aromatic N) is 1. The van der Waals surface area contributed by atoms with E-state index in [4.69, 9.17) is 5.73 Å². The first-order valence-electron chi connectivity index (χ1n) is 6.32. The molecule has 1 amide bonds. The van der Waals surface area contributed by atoms with Crippen molar-refractivity contribution >= 4 is 21.8 Å². The summed E-state index contributed by atoms with van der Waals surface area (Å²) in [5.41, 5.74) is 7.84. The molecule has 1 aromatic heterocycles. The third-order valence-electron chi connectivity index (χ3n) is 3.01. The van der Waals surface area contributed by atoms with Gasteiger partial charge < -0.3 is 11.1 Å². The van der Waals surface area contributed by atoms with E-state index in [1.54, 1.807) is 18.3 Å². The topological polar surface area (TPSA) is 68.0 Å². The second-order valence-electron chi connectivity index (χ2n) is 4.46. The Balaban J connectivity index is 2.13. The number of benzene rings is 1. The average Bonchev–Trinajstić information content (AvgIpc) is 2.47. The van der Waals surface area contributed by atoms with Crippen LogP contribution >= 0.6 is 15.9 Å². The van der Waals surface area contributed by atoms with Gasteiger partial charge in [-0.3, -0.25) is 9.78 Å². The van der Waals surface area contributed by atoms with Gasteiger partial charge in [-0.05, 0) is 30.7 Å². The molecule has 1 heterocycles. The zero-order valence-electron chi connectivity index (χ0n) is 11.1. The van der Waals surface area contributed by atoms with Crippen LogP contribution in [-0.2, 0) is 6.54 Å². The molecule has 0 aliphatic heterocycles. The molecule has 0 radical (unpaired) electrons. The Morgan fingerprint density at radius 1 is 1.40 bits per heavy atom. The monoisotopic (exact) mass is 333 g/mol. The predicted octanol–water partition coefficient (Wildman–Crippen LogP) is 2.79. The Kier molecular flexibility index (Phi) is 4.87. The summed E-state index contributed by atoms with van der Waals surface area (Å²) in [6.45, 7) is 2.27. The van der Waals surface area contributed by atoms with E-state index in [9.17, 15) is 4.79 Å². The van der Waals surface area contributed by atoms with E-state index in [0.717, 1.165) is 10.0 Å². The van der Waals surface area contributed by atoms with Gasteiger partial charge in [0, 0.05) is 22.8 Å². The zero-order chi connectivity index (χ0) is 14.5. The van der Waals surface area contributed by atoms with Crippen molar-refractivity contribution in [3.8, 4) is 0 Å². The Bertz CT molecular complexity index is 616. The van der Waals surface area contributed by atoms with E-state index in [2.05, 4.69) is 26.2 Å². The summed E-state index contributed by atoms with van der Waals surface area (Å²) >= 11 is 3.49. The van der Waals surface area contributed by atoms with Gasteiger partial charge >= 0.3 is 0 Å². The van der Waals surface area contributed by atoms with Crippen LogP contribution in [0.1, 0.15) is 34.6 Å². The lowest BCUT2D eigenvalue weighted by molar-refractivity contribution is 0.0939. The van der Waals surface area contributed by atoms with Gasteiger partial charge in [-0.15, -0.1) is 0 Å². The summed E-state index contributed by atoms with van der Waals surface area (Å²) in [7, 11) is 0. The number of nitrogens with one attached hydrogen (secondary N) is 1. The first kappa shape index (κ1) is 14.7. The van der Waals surface area contributed by atoms with Crippen LogP contribution in [0.5, 0.6) is 0 Å². The van der Waals surface area contributed by atoms with Crippen molar-refractivity contribution in [2.75, 3.05) is 0 Å². The van der Waals surface area contributed by atoms with Crippen LogP contribution in [0.25, 0.3) is 0 Å². The molecule has 0 spiro atoms. The summed E-state index contributed by atoms with van der Waals surface area (Å²) in [5, 5.41) is 2.97. The van der Waals surface area contributed by atoms with Gasteiger partial charge in [-0.1, -0.05) is 34.1 Å². The Labute approximate surface area is 126 Å². The SMILES string of the molecule is C[C@@H](NC(=O)c1ccnc(CN)c1)c1ccccc1Br. The number of amides is 1. The lowest BCUT2D eigenvalue weighted by Crippen LogP contribution is -2.27. The van der Waals surface area contributed by atoms with Crippen LogP contribution in [0.4, 0.5) is 0 Å². The molecule has 0 unspecified atom stereocenters. The van der Waals surface area contributed by atoms with E-state index in [1.165, 1.54) is 0 Å². The molecule has 5 heteroatoms. The number of aromatic nitrogens is 1. The highest BCUT2D eigenvalue weighted by Crippen LogP contribution is 2.22. The number of carbonyl (C=O) groups excluding carboxylic acids is 1. The molecule has 20 heavy (non-hydrogen) atoms. The van der Waals surface area contributed by atoms with Crippen LogP contribution in [0, 0.1) is 0 Å². The first-order chi connectivity index (χ1) is 9.61. The standard InChI is InChI=1S/C15H16BrN3O/c1-10(13-4-2-3-5-14(13)16)19-15(20)11-6-7-18-12(8-11)9-17/h2-8,10H,9,17H2,1H3,(H,19,20)/t10-/m1/s1. The smallest absolute Gasteiger partial charge is 0.251 e. The van der Waals surface area contributed by atoms with Gasteiger partial charge in [0.15, 0.2) is 0 Å².